The van der Waals surface area contributed by atoms with Gasteiger partial charge in [-0.1, -0.05) is 33.3 Å². The first kappa shape index (κ1) is 28.1. The molecule has 1 aliphatic heterocycles. The second kappa shape index (κ2) is 13.1. The van der Waals surface area contributed by atoms with E-state index in [0.29, 0.717) is 17.8 Å². The van der Waals surface area contributed by atoms with E-state index in [0.717, 1.165) is 59.6 Å². The molecule has 0 unspecified atom stereocenters. The minimum absolute atomic E-state index is 0.115. The third kappa shape index (κ3) is 7.26. The van der Waals surface area contributed by atoms with Gasteiger partial charge in [0.1, 0.15) is 11.5 Å². The van der Waals surface area contributed by atoms with Crippen molar-refractivity contribution in [3.8, 4) is 11.3 Å². The number of aromatic nitrogens is 4. The predicted molar refractivity (Wildman–Crippen MR) is 150 cm³/mol. The van der Waals surface area contributed by atoms with E-state index in [1.54, 1.807) is 17.0 Å². The van der Waals surface area contributed by atoms with Crippen molar-refractivity contribution in [1.29, 1.82) is 0 Å². The molecule has 37 heavy (non-hydrogen) atoms. The quantitative estimate of drug-likeness (QED) is 0.394. The minimum Gasteiger partial charge on any atom is -0.325 e. The fraction of sp³-hybridized carbons (Fsp3) is 0.414. The van der Waals surface area contributed by atoms with E-state index in [1.807, 2.05) is 39.2 Å². The molecule has 7 nitrogen and oxygen atoms in total. The van der Waals surface area contributed by atoms with Crippen LogP contribution < -0.4 is 5.32 Å². The predicted octanol–water partition coefficient (Wildman–Crippen LogP) is 6.30. The zero-order chi connectivity index (χ0) is 26.9. The highest BCUT2D eigenvalue weighted by Gasteiger charge is 2.18. The van der Waals surface area contributed by atoms with Crippen LogP contribution in [0.15, 0.2) is 31.1 Å². The molecule has 0 radical (unpaired) electrons. The minimum atomic E-state index is -0.381. The summed E-state index contributed by atoms with van der Waals surface area (Å²) in [5, 5.41) is 14.5. The number of hydrogen-bond donors (Lipinski definition) is 2. The second-order valence-corrected chi connectivity index (χ2v) is 9.58. The summed E-state index contributed by atoms with van der Waals surface area (Å²) in [4.78, 5) is 14.6. The number of carbonyl (C=O) groups is 1. The molecule has 0 bridgehead atoms. The van der Waals surface area contributed by atoms with Crippen LogP contribution in [0.25, 0.3) is 29.0 Å². The van der Waals surface area contributed by atoms with Crippen LogP contribution in [0, 0.1) is 12.7 Å². The van der Waals surface area contributed by atoms with Gasteiger partial charge < -0.3 is 5.32 Å². The van der Waals surface area contributed by atoms with E-state index < -0.39 is 0 Å². The van der Waals surface area contributed by atoms with Crippen molar-refractivity contribution in [2.75, 3.05) is 25.0 Å². The Balaban J connectivity index is 0.00000121. The number of aromatic amines is 1. The molecule has 1 amide bonds. The third-order valence-corrected chi connectivity index (χ3v) is 6.16. The summed E-state index contributed by atoms with van der Waals surface area (Å²) in [6, 6.07) is 3.20. The summed E-state index contributed by atoms with van der Waals surface area (Å²) < 4.78 is 17.0. The van der Waals surface area contributed by atoms with Gasteiger partial charge in [-0.05, 0) is 75.2 Å². The summed E-state index contributed by atoms with van der Waals surface area (Å²) >= 11 is 0. The van der Waals surface area contributed by atoms with Gasteiger partial charge in [0.15, 0.2) is 0 Å². The molecule has 0 saturated carbocycles. The van der Waals surface area contributed by atoms with E-state index in [9.17, 15) is 4.79 Å². The topological polar surface area (TPSA) is 78.8 Å². The maximum Gasteiger partial charge on any atom is 0.238 e. The second-order valence-electron chi connectivity index (χ2n) is 9.58. The lowest BCUT2D eigenvalue weighted by Gasteiger charge is -2.25. The number of halogens is 1. The van der Waals surface area contributed by atoms with Crippen molar-refractivity contribution < 1.29 is 9.18 Å². The highest BCUT2D eigenvalue weighted by molar-refractivity contribution is 5.93. The monoisotopic (exact) mass is 506 g/mol. The lowest BCUT2D eigenvalue weighted by Crippen LogP contribution is -2.36. The number of nitrogens with one attached hydrogen (secondary N) is 2. The summed E-state index contributed by atoms with van der Waals surface area (Å²) in [6.45, 7) is 14.0. The molecule has 1 fully saturated rings. The Morgan fingerprint density at radius 3 is 2.54 bits per heavy atom. The summed E-state index contributed by atoms with van der Waals surface area (Å²) in [6.07, 6.45) is 11.9. The Morgan fingerprint density at radius 2 is 1.95 bits per heavy atom. The van der Waals surface area contributed by atoms with Gasteiger partial charge in [-0.3, -0.25) is 19.5 Å². The van der Waals surface area contributed by atoms with E-state index in [1.165, 1.54) is 18.9 Å². The van der Waals surface area contributed by atoms with Crippen LogP contribution in [0.2, 0.25) is 0 Å². The standard InChI is InChI=1S/C26H31FN6O.C3H8/c1-5-23-21(26(31-30-23)19-14-28-32(4)15-19)12-18(3)25-17(2)11-20(13-22(25)27)29-24(34)16-33-9-7-6-8-10-33;1-3-2/h5,11-15H,1,6-10,16H2,2-4H3,(H,29,34)(H,30,31);3H2,1-2H3/b18-12+;. The average molecular weight is 507 g/mol. The lowest BCUT2D eigenvalue weighted by atomic mass is 9.97. The van der Waals surface area contributed by atoms with Crippen molar-refractivity contribution in [1.82, 2.24) is 24.9 Å². The van der Waals surface area contributed by atoms with Crippen molar-refractivity contribution in [3.05, 3.63) is 59.3 Å². The summed E-state index contributed by atoms with van der Waals surface area (Å²) in [7, 11) is 1.84. The number of amides is 1. The van der Waals surface area contributed by atoms with Gasteiger partial charge in [0.2, 0.25) is 5.91 Å². The number of H-pyrrole nitrogens is 1. The number of carbonyl (C=O) groups excluding carboxylic acids is 1. The third-order valence-electron chi connectivity index (χ3n) is 6.16. The van der Waals surface area contributed by atoms with Crippen molar-refractivity contribution in [2.45, 2.75) is 53.4 Å². The number of aryl methyl sites for hydroxylation is 2. The highest BCUT2D eigenvalue weighted by Crippen LogP contribution is 2.31. The molecular weight excluding hydrogens is 467 g/mol. The average Bonchev–Trinajstić information content (AvgIpc) is 3.45. The Labute approximate surface area is 219 Å². The van der Waals surface area contributed by atoms with Gasteiger partial charge in [-0.2, -0.15) is 10.2 Å². The number of piperidine rings is 1. The fourth-order valence-electron chi connectivity index (χ4n) is 4.55. The van der Waals surface area contributed by atoms with Gasteiger partial charge in [-0.15, -0.1) is 0 Å². The Bertz CT molecular complexity index is 1230. The zero-order valence-electron chi connectivity index (χ0n) is 22.7. The Hall–Kier alpha value is -3.52. The number of allylic oxidation sites excluding steroid dienone is 1. The van der Waals surface area contributed by atoms with Crippen LogP contribution in [-0.4, -0.2) is 50.4 Å². The van der Waals surface area contributed by atoms with Gasteiger partial charge in [0.25, 0.3) is 0 Å². The SMILES string of the molecule is C=Cc1[nH]nc(-c2cnn(C)c2)c1/C=C(\C)c1c(C)cc(NC(=O)CN2CCCCC2)cc1F.CCC. The maximum absolute atomic E-state index is 15.2. The number of rotatable bonds is 7. The van der Waals surface area contributed by atoms with Gasteiger partial charge in [-0.25, -0.2) is 4.39 Å². The summed E-state index contributed by atoms with van der Waals surface area (Å²) in [5.41, 5.74) is 5.61. The molecule has 3 aromatic rings. The molecule has 8 heteroatoms. The van der Waals surface area contributed by atoms with Crippen LogP contribution in [0.1, 0.15) is 68.8 Å². The molecule has 4 rings (SSSR count). The van der Waals surface area contributed by atoms with Crippen molar-refractivity contribution in [2.24, 2.45) is 7.05 Å². The molecule has 1 aromatic carbocycles. The van der Waals surface area contributed by atoms with Gasteiger partial charge in [0.05, 0.1) is 18.4 Å². The number of anilines is 1. The number of benzene rings is 1. The largest absolute Gasteiger partial charge is 0.325 e. The van der Waals surface area contributed by atoms with Crippen LogP contribution in [-0.2, 0) is 11.8 Å². The molecule has 198 valence electrons. The van der Waals surface area contributed by atoms with Crippen LogP contribution >= 0.6 is 0 Å². The molecule has 0 spiro atoms. The van der Waals surface area contributed by atoms with Crippen LogP contribution in [0.3, 0.4) is 0 Å². The number of hydrogen-bond acceptors (Lipinski definition) is 4. The van der Waals surface area contributed by atoms with Gasteiger partial charge >= 0.3 is 0 Å². The smallest absolute Gasteiger partial charge is 0.238 e. The first-order chi connectivity index (χ1) is 17.8. The molecule has 3 heterocycles. The maximum atomic E-state index is 15.2. The lowest BCUT2D eigenvalue weighted by molar-refractivity contribution is -0.117. The van der Waals surface area contributed by atoms with E-state index in [-0.39, 0.29) is 11.7 Å². The van der Waals surface area contributed by atoms with E-state index >= 15 is 4.39 Å². The van der Waals surface area contributed by atoms with E-state index in [4.69, 9.17) is 0 Å². The molecule has 2 N–H and O–H groups in total. The Kier molecular flexibility index (Phi) is 9.97. The molecule has 2 aromatic heterocycles. The number of likely N-dealkylation sites (tertiary alicyclic amines) is 1. The number of nitrogens with zero attached hydrogens (tertiary/aromatic N) is 4. The van der Waals surface area contributed by atoms with Gasteiger partial charge in [0, 0.05) is 35.6 Å². The fourth-order valence-corrected chi connectivity index (χ4v) is 4.55. The molecule has 1 aliphatic rings. The van der Waals surface area contributed by atoms with Crippen LogP contribution in [0.5, 0.6) is 0 Å². The van der Waals surface area contributed by atoms with Crippen LogP contribution in [0.4, 0.5) is 10.1 Å². The van der Waals surface area contributed by atoms with Crippen molar-refractivity contribution in [3.63, 3.8) is 0 Å². The zero-order valence-corrected chi connectivity index (χ0v) is 22.7. The molecular formula is C29H39FN6O. The molecule has 0 atom stereocenters. The highest BCUT2D eigenvalue weighted by atomic mass is 19.1. The van der Waals surface area contributed by atoms with E-state index in [2.05, 4.69) is 45.9 Å². The molecule has 1 saturated heterocycles. The normalized spacial score (nSPS) is 14.2. The first-order valence-electron chi connectivity index (χ1n) is 13.0. The van der Waals surface area contributed by atoms with Crippen molar-refractivity contribution >= 4 is 29.3 Å². The molecule has 0 aliphatic carbocycles. The Morgan fingerprint density at radius 1 is 1.24 bits per heavy atom. The first-order valence-corrected chi connectivity index (χ1v) is 13.0. The summed E-state index contributed by atoms with van der Waals surface area (Å²) in [5.74, 6) is -0.496.